The minimum atomic E-state index is -3.69. The average molecular weight is 496 g/mol. The topological polar surface area (TPSA) is 96.6 Å². The number of guanidine groups is 1. The van der Waals surface area contributed by atoms with Gasteiger partial charge in [0.25, 0.3) is 0 Å². The first-order valence-electron chi connectivity index (χ1n) is 8.89. The quantitative estimate of drug-likeness (QED) is 0.278. The first kappa shape index (κ1) is 25.1. The fraction of sp³-hybridized carbons (Fsp3) is 0.611. The van der Waals surface area contributed by atoms with Gasteiger partial charge in [-0.25, -0.2) is 18.5 Å². The summed E-state index contributed by atoms with van der Waals surface area (Å²) in [7, 11) is -3.69. The van der Waals surface area contributed by atoms with Gasteiger partial charge in [-0.2, -0.15) is 0 Å². The summed E-state index contributed by atoms with van der Waals surface area (Å²) >= 11 is 0. The third kappa shape index (κ3) is 10.3. The Kier molecular flexibility index (Phi) is 12.1. The molecule has 6 nitrogen and oxygen atoms in total. The van der Waals surface area contributed by atoms with Crippen molar-refractivity contribution in [3.8, 4) is 0 Å². The molecule has 1 atom stereocenters. The normalized spacial score (nSPS) is 13.2. The number of nitrogens with one attached hydrogen (secondary N) is 2. The van der Waals surface area contributed by atoms with Crippen LogP contribution < -0.4 is 15.8 Å². The van der Waals surface area contributed by atoms with Crippen LogP contribution in [0.25, 0.3) is 0 Å². The van der Waals surface area contributed by atoms with Gasteiger partial charge < -0.3 is 10.6 Å². The Morgan fingerprint density at radius 1 is 1.23 bits per heavy atom. The van der Waals surface area contributed by atoms with Crippen LogP contribution in [0.1, 0.15) is 52.5 Å². The highest BCUT2D eigenvalue weighted by molar-refractivity contribution is 14.0. The molecule has 1 rings (SSSR count). The molecule has 0 spiro atoms. The predicted molar refractivity (Wildman–Crippen MR) is 119 cm³/mol. The number of benzene rings is 1. The highest BCUT2D eigenvalue weighted by atomic mass is 127. The van der Waals surface area contributed by atoms with Crippen molar-refractivity contribution in [1.82, 2.24) is 10.6 Å². The van der Waals surface area contributed by atoms with Gasteiger partial charge >= 0.3 is 0 Å². The third-order valence-corrected chi connectivity index (χ3v) is 4.70. The summed E-state index contributed by atoms with van der Waals surface area (Å²) in [5, 5.41) is 11.8. The van der Waals surface area contributed by atoms with E-state index >= 15 is 0 Å². The van der Waals surface area contributed by atoms with Crippen LogP contribution in [0.2, 0.25) is 0 Å². The number of halogens is 1. The SMILES string of the molecule is CCNC(=NCc1cccc(S(N)(=O)=O)c1)NC(C)CCCC(C)C.I. The Morgan fingerprint density at radius 3 is 2.50 bits per heavy atom. The molecule has 0 aliphatic heterocycles. The Labute approximate surface area is 175 Å². The molecule has 4 N–H and O–H groups in total. The number of primary sulfonamides is 1. The van der Waals surface area contributed by atoms with E-state index in [0.717, 1.165) is 30.4 Å². The summed E-state index contributed by atoms with van der Waals surface area (Å²) in [5.41, 5.74) is 0.802. The molecular weight excluding hydrogens is 463 g/mol. The van der Waals surface area contributed by atoms with E-state index in [-0.39, 0.29) is 28.9 Å². The Hall–Kier alpha value is -0.870. The molecule has 0 heterocycles. The zero-order chi connectivity index (χ0) is 18.9. The second-order valence-corrected chi connectivity index (χ2v) is 8.32. The molecular formula is C18H33IN4O2S. The van der Waals surface area contributed by atoms with E-state index in [9.17, 15) is 8.42 Å². The molecule has 0 saturated heterocycles. The zero-order valence-corrected chi connectivity index (χ0v) is 19.3. The number of nitrogens with zero attached hydrogens (tertiary/aromatic N) is 1. The van der Waals surface area contributed by atoms with Crippen LogP contribution in [0.5, 0.6) is 0 Å². The Bertz CT molecular complexity index is 663. The molecule has 1 unspecified atom stereocenters. The average Bonchev–Trinajstić information content (AvgIpc) is 2.52. The van der Waals surface area contributed by atoms with Crippen molar-refractivity contribution in [3.63, 3.8) is 0 Å². The fourth-order valence-corrected chi connectivity index (χ4v) is 3.03. The van der Waals surface area contributed by atoms with E-state index in [1.165, 1.54) is 18.9 Å². The highest BCUT2D eigenvalue weighted by Gasteiger charge is 2.09. The van der Waals surface area contributed by atoms with E-state index in [1.54, 1.807) is 12.1 Å². The van der Waals surface area contributed by atoms with Gasteiger partial charge in [0.1, 0.15) is 0 Å². The van der Waals surface area contributed by atoms with Crippen LogP contribution in [0.15, 0.2) is 34.2 Å². The van der Waals surface area contributed by atoms with Crippen molar-refractivity contribution in [2.24, 2.45) is 16.0 Å². The summed E-state index contributed by atoms with van der Waals surface area (Å²) in [4.78, 5) is 4.66. The van der Waals surface area contributed by atoms with Crippen molar-refractivity contribution >= 4 is 40.0 Å². The minimum absolute atomic E-state index is 0. The van der Waals surface area contributed by atoms with Crippen LogP contribution in [0.4, 0.5) is 0 Å². The maximum atomic E-state index is 11.4. The molecule has 8 heteroatoms. The van der Waals surface area contributed by atoms with E-state index in [1.807, 2.05) is 13.0 Å². The molecule has 26 heavy (non-hydrogen) atoms. The fourth-order valence-electron chi connectivity index (χ4n) is 2.45. The third-order valence-electron chi connectivity index (χ3n) is 3.79. The molecule has 0 aliphatic rings. The highest BCUT2D eigenvalue weighted by Crippen LogP contribution is 2.11. The first-order valence-corrected chi connectivity index (χ1v) is 10.4. The molecule has 0 amide bonds. The van der Waals surface area contributed by atoms with Gasteiger partial charge in [-0.15, -0.1) is 24.0 Å². The molecule has 0 aromatic heterocycles. The lowest BCUT2D eigenvalue weighted by Crippen LogP contribution is -2.42. The summed E-state index contributed by atoms with van der Waals surface area (Å²) in [5.74, 6) is 1.46. The van der Waals surface area contributed by atoms with Crippen molar-refractivity contribution in [1.29, 1.82) is 0 Å². The molecule has 0 radical (unpaired) electrons. The summed E-state index contributed by atoms with van der Waals surface area (Å²) < 4.78 is 22.9. The van der Waals surface area contributed by atoms with Crippen LogP contribution in [0.3, 0.4) is 0 Å². The largest absolute Gasteiger partial charge is 0.357 e. The number of sulfonamides is 1. The summed E-state index contributed by atoms with van der Waals surface area (Å²) in [6.45, 7) is 9.79. The lowest BCUT2D eigenvalue weighted by atomic mass is 10.0. The van der Waals surface area contributed by atoms with Gasteiger partial charge in [0.05, 0.1) is 11.4 Å². The van der Waals surface area contributed by atoms with Crippen molar-refractivity contribution in [2.45, 2.75) is 64.4 Å². The standard InChI is InChI=1S/C18H32N4O2S.HI/c1-5-20-18(22-15(4)9-6-8-14(2)3)21-13-16-10-7-11-17(12-16)25(19,23)24;/h7,10-12,14-15H,5-6,8-9,13H2,1-4H3,(H2,19,23,24)(H2,20,21,22);1H. The van der Waals surface area contributed by atoms with E-state index < -0.39 is 10.0 Å². The second kappa shape index (κ2) is 12.5. The van der Waals surface area contributed by atoms with Gasteiger partial charge in [-0.3, -0.25) is 0 Å². The molecule has 0 fully saturated rings. The zero-order valence-electron chi connectivity index (χ0n) is 16.2. The van der Waals surface area contributed by atoms with Crippen LogP contribution in [-0.4, -0.2) is 27.0 Å². The van der Waals surface area contributed by atoms with Crippen molar-refractivity contribution in [3.05, 3.63) is 29.8 Å². The minimum Gasteiger partial charge on any atom is -0.357 e. The first-order chi connectivity index (χ1) is 11.7. The maximum Gasteiger partial charge on any atom is 0.238 e. The number of hydrogen-bond donors (Lipinski definition) is 3. The Morgan fingerprint density at radius 2 is 1.92 bits per heavy atom. The van der Waals surface area contributed by atoms with Gasteiger partial charge in [0.2, 0.25) is 10.0 Å². The predicted octanol–water partition coefficient (Wildman–Crippen LogP) is 3.22. The molecule has 0 bridgehead atoms. The number of nitrogens with two attached hydrogens (primary N) is 1. The molecule has 1 aromatic carbocycles. The lowest BCUT2D eigenvalue weighted by molar-refractivity contribution is 0.491. The molecule has 0 aliphatic carbocycles. The van der Waals surface area contributed by atoms with E-state index in [0.29, 0.717) is 12.6 Å². The number of aliphatic imine (C=N–C) groups is 1. The van der Waals surface area contributed by atoms with Crippen LogP contribution in [0, 0.1) is 5.92 Å². The van der Waals surface area contributed by atoms with Gasteiger partial charge in [0.15, 0.2) is 5.96 Å². The van der Waals surface area contributed by atoms with Crippen LogP contribution in [-0.2, 0) is 16.6 Å². The molecule has 0 saturated carbocycles. The molecule has 1 aromatic rings. The number of rotatable bonds is 9. The lowest BCUT2D eigenvalue weighted by Gasteiger charge is -2.18. The van der Waals surface area contributed by atoms with Crippen molar-refractivity contribution in [2.75, 3.05) is 6.54 Å². The Balaban J connectivity index is 0.00000625. The number of hydrogen-bond acceptors (Lipinski definition) is 3. The summed E-state index contributed by atoms with van der Waals surface area (Å²) in [6.07, 6.45) is 3.49. The summed E-state index contributed by atoms with van der Waals surface area (Å²) in [6, 6.07) is 6.90. The van der Waals surface area contributed by atoms with Gasteiger partial charge in [-0.1, -0.05) is 38.8 Å². The maximum absolute atomic E-state index is 11.4. The smallest absolute Gasteiger partial charge is 0.238 e. The van der Waals surface area contributed by atoms with Crippen molar-refractivity contribution < 1.29 is 8.42 Å². The second-order valence-electron chi connectivity index (χ2n) is 6.76. The van der Waals surface area contributed by atoms with E-state index in [4.69, 9.17) is 5.14 Å². The van der Waals surface area contributed by atoms with E-state index in [2.05, 4.69) is 36.4 Å². The molecule has 150 valence electrons. The van der Waals surface area contributed by atoms with Gasteiger partial charge in [0, 0.05) is 12.6 Å². The van der Waals surface area contributed by atoms with Crippen LogP contribution >= 0.6 is 24.0 Å². The monoisotopic (exact) mass is 496 g/mol. The van der Waals surface area contributed by atoms with Gasteiger partial charge in [-0.05, 0) is 43.9 Å².